The molecule has 1 unspecified atom stereocenters. The van der Waals surface area contributed by atoms with Crippen molar-refractivity contribution in [2.24, 2.45) is 0 Å². The third-order valence-electron chi connectivity index (χ3n) is 3.09. The molecule has 0 aliphatic heterocycles. The van der Waals surface area contributed by atoms with Crippen molar-refractivity contribution in [1.82, 2.24) is 10.3 Å². The Morgan fingerprint density at radius 3 is 2.79 bits per heavy atom. The van der Waals surface area contributed by atoms with Gasteiger partial charge in [0.15, 0.2) is 0 Å². The van der Waals surface area contributed by atoms with Gasteiger partial charge in [-0.05, 0) is 49.2 Å². The van der Waals surface area contributed by atoms with Crippen LogP contribution in [0, 0.1) is 5.82 Å². The van der Waals surface area contributed by atoms with E-state index in [9.17, 15) is 4.39 Å². The molecule has 4 heteroatoms. The van der Waals surface area contributed by atoms with E-state index in [2.05, 4.69) is 10.3 Å². The van der Waals surface area contributed by atoms with Gasteiger partial charge in [-0.2, -0.15) is 0 Å². The number of nitrogens with zero attached hydrogens (tertiary/aromatic N) is 1. The Balaban J connectivity index is 2.06. The molecule has 1 atom stereocenters. The maximum Gasteiger partial charge on any atom is 0.124 e. The van der Waals surface area contributed by atoms with Gasteiger partial charge in [-0.15, -0.1) is 0 Å². The third kappa shape index (κ3) is 4.01. The Labute approximate surface area is 117 Å². The summed E-state index contributed by atoms with van der Waals surface area (Å²) < 4.78 is 13.0. The summed E-state index contributed by atoms with van der Waals surface area (Å²) >= 11 is 6.05. The molecule has 100 valence electrons. The second-order valence-corrected chi connectivity index (χ2v) is 4.90. The molecule has 2 rings (SSSR count). The minimum atomic E-state index is -0.304. The first-order chi connectivity index (χ1) is 9.19. The molecule has 1 aromatic heterocycles. The highest BCUT2D eigenvalue weighted by Crippen LogP contribution is 2.19. The Morgan fingerprint density at radius 1 is 1.32 bits per heavy atom. The Bertz CT molecular complexity index is 531. The molecule has 0 aliphatic rings. The van der Waals surface area contributed by atoms with Gasteiger partial charge in [-0.1, -0.05) is 23.7 Å². The lowest BCUT2D eigenvalue weighted by Crippen LogP contribution is -2.30. The lowest BCUT2D eigenvalue weighted by atomic mass is 10.00. The molecule has 0 aliphatic carbocycles. The van der Waals surface area contributed by atoms with Crippen molar-refractivity contribution in [3.05, 3.63) is 64.7 Å². The van der Waals surface area contributed by atoms with Crippen molar-refractivity contribution in [1.29, 1.82) is 0 Å². The maximum atomic E-state index is 13.0. The molecule has 0 saturated heterocycles. The van der Waals surface area contributed by atoms with E-state index in [0.29, 0.717) is 5.02 Å². The van der Waals surface area contributed by atoms with Crippen LogP contribution >= 0.6 is 11.6 Å². The fourth-order valence-electron chi connectivity index (χ4n) is 2.03. The topological polar surface area (TPSA) is 24.9 Å². The second kappa shape index (κ2) is 6.64. The van der Waals surface area contributed by atoms with Gasteiger partial charge in [0, 0.05) is 23.5 Å². The van der Waals surface area contributed by atoms with Gasteiger partial charge in [0.2, 0.25) is 0 Å². The van der Waals surface area contributed by atoms with E-state index in [0.717, 1.165) is 18.4 Å². The van der Waals surface area contributed by atoms with Gasteiger partial charge in [-0.3, -0.25) is 4.98 Å². The molecule has 0 fully saturated rings. The number of benzene rings is 1. The highest BCUT2D eigenvalue weighted by molar-refractivity contribution is 6.31. The molecule has 2 nitrogen and oxygen atoms in total. The van der Waals surface area contributed by atoms with Crippen LogP contribution in [0.2, 0.25) is 5.02 Å². The van der Waals surface area contributed by atoms with E-state index in [1.54, 1.807) is 12.3 Å². The fourth-order valence-corrected chi connectivity index (χ4v) is 2.28. The summed E-state index contributed by atoms with van der Waals surface area (Å²) in [6.45, 7) is 0. The minimum Gasteiger partial charge on any atom is -0.316 e. The molecule has 0 amide bonds. The van der Waals surface area contributed by atoms with E-state index in [1.807, 2.05) is 25.4 Å². The number of nitrogens with one attached hydrogen (secondary N) is 1. The van der Waals surface area contributed by atoms with Crippen LogP contribution in [0.3, 0.4) is 0 Å². The zero-order valence-corrected chi connectivity index (χ0v) is 11.5. The second-order valence-electron chi connectivity index (χ2n) is 4.49. The number of hydrogen-bond acceptors (Lipinski definition) is 2. The smallest absolute Gasteiger partial charge is 0.124 e. The number of hydrogen-bond donors (Lipinski definition) is 1. The van der Waals surface area contributed by atoms with Crippen LogP contribution in [-0.2, 0) is 12.8 Å². The van der Waals surface area contributed by atoms with Crippen LogP contribution in [0.5, 0.6) is 0 Å². The highest BCUT2D eigenvalue weighted by Gasteiger charge is 2.11. The monoisotopic (exact) mass is 278 g/mol. The normalized spacial score (nSPS) is 12.4. The predicted octanol–water partition coefficient (Wildman–Crippen LogP) is 3.25. The molecule has 19 heavy (non-hydrogen) atoms. The average Bonchev–Trinajstić information content (AvgIpc) is 2.42. The Kier molecular flexibility index (Phi) is 4.88. The van der Waals surface area contributed by atoms with Crippen molar-refractivity contribution < 1.29 is 4.39 Å². The largest absolute Gasteiger partial charge is 0.316 e. The summed E-state index contributed by atoms with van der Waals surface area (Å²) in [7, 11) is 1.92. The van der Waals surface area contributed by atoms with E-state index in [4.69, 9.17) is 11.6 Å². The van der Waals surface area contributed by atoms with E-state index < -0.39 is 0 Å². The number of rotatable bonds is 5. The number of halogens is 2. The molecular formula is C15H16ClFN2. The Morgan fingerprint density at radius 2 is 2.16 bits per heavy atom. The van der Waals surface area contributed by atoms with Gasteiger partial charge in [0.25, 0.3) is 0 Å². The zero-order chi connectivity index (χ0) is 13.7. The van der Waals surface area contributed by atoms with Crippen LogP contribution in [-0.4, -0.2) is 18.1 Å². The van der Waals surface area contributed by atoms with E-state index in [1.165, 1.54) is 17.7 Å². The average molecular weight is 279 g/mol. The highest BCUT2D eigenvalue weighted by atomic mass is 35.5. The molecule has 1 aromatic carbocycles. The SMILES string of the molecule is CNC(Cc1cccnc1)Cc1ccc(F)cc1Cl. The van der Waals surface area contributed by atoms with Crippen molar-refractivity contribution in [3.63, 3.8) is 0 Å². The first-order valence-electron chi connectivity index (χ1n) is 6.19. The minimum absolute atomic E-state index is 0.243. The maximum absolute atomic E-state index is 13.0. The molecule has 0 spiro atoms. The third-order valence-corrected chi connectivity index (χ3v) is 3.45. The first-order valence-corrected chi connectivity index (χ1v) is 6.57. The van der Waals surface area contributed by atoms with Gasteiger partial charge in [0.05, 0.1) is 0 Å². The first kappa shape index (κ1) is 14.0. The van der Waals surface area contributed by atoms with E-state index >= 15 is 0 Å². The molecule has 1 heterocycles. The van der Waals surface area contributed by atoms with Crippen molar-refractivity contribution in [3.8, 4) is 0 Å². The van der Waals surface area contributed by atoms with Crippen molar-refractivity contribution in [2.75, 3.05) is 7.05 Å². The summed E-state index contributed by atoms with van der Waals surface area (Å²) in [5.41, 5.74) is 2.12. The van der Waals surface area contributed by atoms with Crippen LogP contribution in [0.1, 0.15) is 11.1 Å². The van der Waals surface area contributed by atoms with Crippen molar-refractivity contribution >= 4 is 11.6 Å². The van der Waals surface area contributed by atoms with Gasteiger partial charge < -0.3 is 5.32 Å². The summed E-state index contributed by atoms with van der Waals surface area (Å²) in [5.74, 6) is -0.304. The quantitative estimate of drug-likeness (QED) is 0.908. The lowest BCUT2D eigenvalue weighted by Gasteiger charge is -2.17. The van der Waals surface area contributed by atoms with Crippen LogP contribution in [0.4, 0.5) is 4.39 Å². The zero-order valence-electron chi connectivity index (χ0n) is 10.7. The van der Waals surface area contributed by atoms with Gasteiger partial charge in [0.1, 0.15) is 5.82 Å². The molecule has 1 N–H and O–H groups in total. The summed E-state index contributed by atoms with van der Waals surface area (Å²) in [6, 6.07) is 8.75. The van der Waals surface area contributed by atoms with Crippen LogP contribution < -0.4 is 5.32 Å². The summed E-state index contributed by atoms with van der Waals surface area (Å²) in [5, 5.41) is 3.74. The molecule has 0 radical (unpaired) electrons. The Hall–Kier alpha value is -1.45. The lowest BCUT2D eigenvalue weighted by molar-refractivity contribution is 0.554. The number of aromatic nitrogens is 1. The van der Waals surface area contributed by atoms with E-state index in [-0.39, 0.29) is 11.9 Å². The fraction of sp³-hybridized carbons (Fsp3) is 0.267. The van der Waals surface area contributed by atoms with Gasteiger partial charge >= 0.3 is 0 Å². The molecule has 0 saturated carbocycles. The summed E-state index contributed by atoms with van der Waals surface area (Å²) in [6.07, 6.45) is 5.23. The summed E-state index contributed by atoms with van der Waals surface area (Å²) in [4.78, 5) is 4.10. The standard InChI is InChI=1S/C15H16ClFN2/c1-18-14(7-11-3-2-6-19-10-11)8-12-4-5-13(17)9-15(12)16/h2-6,9-10,14,18H,7-8H2,1H3. The number of pyridine rings is 1. The number of likely N-dealkylation sites (N-methyl/N-ethyl adjacent to an activating group) is 1. The molecule has 0 bridgehead atoms. The van der Waals surface area contributed by atoms with Crippen LogP contribution in [0.25, 0.3) is 0 Å². The van der Waals surface area contributed by atoms with Crippen LogP contribution in [0.15, 0.2) is 42.7 Å². The van der Waals surface area contributed by atoms with Crippen molar-refractivity contribution in [2.45, 2.75) is 18.9 Å². The molecule has 2 aromatic rings. The predicted molar refractivity (Wildman–Crippen MR) is 75.9 cm³/mol. The van der Waals surface area contributed by atoms with Gasteiger partial charge in [-0.25, -0.2) is 4.39 Å². The molecular weight excluding hydrogens is 263 g/mol.